The average molecular weight is 194 g/mol. The summed E-state index contributed by atoms with van der Waals surface area (Å²) < 4.78 is 0. The molecule has 0 heterocycles. The SMILES string of the molecule is C=C(C)CCC=C(C)CCCC(C)=O. The number of hydrogen-bond donors (Lipinski definition) is 0. The Morgan fingerprint density at radius 3 is 2.29 bits per heavy atom. The Morgan fingerprint density at radius 1 is 1.14 bits per heavy atom. The van der Waals surface area contributed by atoms with Crippen molar-refractivity contribution in [2.24, 2.45) is 0 Å². The van der Waals surface area contributed by atoms with Gasteiger partial charge in [0.05, 0.1) is 0 Å². The summed E-state index contributed by atoms with van der Waals surface area (Å²) in [5.41, 5.74) is 2.63. The van der Waals surface area contributed by atoms with Gasteiger partial charge in [-0.3, -0.25) is 0 Å². The molecular formula is C13H22O. The van der Waals surface area contributed by atoms with Crippen LogP contribution in [0.3, 0.4) is 0 Å². The van der Waals surface area contributed by atoms with E-state index in [4.69, 9.17) is 0 Å². The fraction of sp³-hybridized carbons (Fsp3) is 0.615. The molecule has 0 aliphatic carbocycles. The topological polar surface area (TPSA) is 17.1 Å². The molecule has 14 heavy (non-hydrogen) atoms. The molecule has 0 aliphatic heterocycles. The molecule has 0 bridgehead atoms. The van der Waals surface area contributed by atoms with E-state index in [9.17, 15) is 4.79 Å². The van der Waals surface area contributed by atoms with Crippen LogP contribution in [0, 0.1) is 0 Å². The fourth-order valence-corrected chi connectivity index (χ4v) is 1.28. The molecule has 1 nitrogen and oxygen atoms in total. The van der Waals surface area contributed by atoms with Crippen LogP contribution < -0.4 is 0 Å². The smallest absolute Gasteiger partial charge is 0.129 e. The molecule has 0 saturated heterocycles. The molecule has 0 saturated carbocycles. The molecule has 80 valence electrons. The third-order valence-electron chi connectivity index (χ3n) is 2.16. The standard InChI is InChI=1S/C13H22O/c1-11(2)7-5-8-12(3)9-6-10-13(4)14/h8H,1,5-7,9-10H2,2-4H3. The minimum Gasteiger partial charge on any atom is -0.300 e. The molecule has 0 spiro atoms. The molecule has 1 heteroatoms. The molecule has 0 aromatic rings. The van der Waals surface area contributed by atoms with E-state index in [0.29, 0.717) is 12.2 Å². The first-order valence-corrected chi connectivity index (χ1v) is 5.32. The van der Waals surface area contributed by atoms with Crippen molar-refractivity contribution in [3.05, 3.63) is 23.8 Å². The van der Waals surface area contributed by atoms with Crippen molar-refractivity contribution in [2.45, 2.75) is 52.9 Å². The number of ketones is 1. The lowest BCUT2D eigenvalue weighted by Gasteiger charge is -2.00. The quantitative estimate of drug-likeness (QED) is 0.559. The van der Waals surface area contributed by atoms with Crippen LogP contribution in [0.5, 0.6) is 0 Å². The van der Waals surface area contributed by atoms with Gasteiger partial charge in [-0.1, -0.05) is 17.2 Å². The highest BCUT2D eigenvalue weighted by atomic mass is 16.1. The lowest BCUT2D eigenvalue weighted by Crippen LogP contribution is -1.89. The molecule has 0 fully saturated rings. The van der Waals surface area contributed by atoms with Crippen LogP contribution >= 0.6 is 0 Å². The first-order valence-electron chi connectivity index (χ1n) is 5.32. The number of hydrogen-bond acceptors (Lipinski definition) is 1. The lowest BCUT2D eigenvalue weighted by atomic mass is 10.1. The van der Waals surface area contributed by atoms with Crippen molar-refractivity contribution in [1.82, 2.24) is 0 Å². The summed E-state index contributed by atoms with van der Waals surface area (Å²) in [5, 5.41) is 0. The van der Waals surface area contributed by atoms with Crippen molar-refractivity contribution in [3.8, 4) is 0 Å². The monoisotopic (exact) mass is 194 g/mol. The van der Waals surface area contributed by atoms with E-state index in [0.717, 1.165) is 25.7 Å². The van der Waals surface area contributed by atoms with Gasteiger partial charge in [0, 0.05) is 6.42 Å². The van der Waals surface area contributed by atoms with Crippen LogP contribution in [0.25, 0.3) is 0 Å². The van der Waals surface area contributed by atoms with Crippen LogP contribution in [0.1, 0.15) is 52.9 Å². The summed E-state index contributed by atoms with van der Waals surface area (Å²) >= 11 is 0. The van der Waals surface area contributed by atoms with E-state index in [1.54, 1.807) is 6.92 Å². The summed E-state index contributed by atoms with van der Waals surface area (Å²) in [4.78, 5) is 10.7. The summed E-state index contributed by atoms with van der Waals surface area (Å²) in [6.45, 7) is 9.71. The van der Waals surface area contributed by atoms with Gasteiger partial charge in [-0.25, -0.2) is 0 Å². The molecule has 0 amide bonds. The molecule has 0 radical (unpaired) electrons. The van der Waals surface area contributed by atoms with Crippen molar-refractivity contribution in [1.29, 1.82) is 0 Å². The van der Waals surface area contributed by atoms with E-state index in [-0.39, 0.29) is 0 Å². The second kappa shape index (κ2) is 7.54. The molecular weight excluding hydrogens is 172 g/mol. The van der Waals surface area contributed by atoms with E-state index in [2.05, 4.69) is 26.5 Å². The summed E-state index contributed by atoms with van der Waals surface area (Å²) in [6.07, 6.45) is 7.17. The Kier molecular flexibility index (Phi) is 7.09. The predicted octanol–water partition coefficient (Wildman–Crippen LogP) is 4.05. The van der Waals surface area contributed by atoms with E-state index in [1.807, 2.05) is 0 Å². The number of allylic oxidation sites excluding steroid dienone is 3. The van der Waals surface area contributed by atoms with Gasteiger partial charge in [-0.05, 0) is 46.5 Å². The maximum atomic E-state index is 10.7. The van der Waals surface area contributed by atoms with E-state index >= 15 is 0 Å². The minimum absolute atomic E-state index is 0.291. The van der Waals surface area contributed by atoms with Crippen LogP contribution in [0.4, 0.5) is 0 Å². The van der Waals surface area contributed by atoms with Gasteiger partial charge in [-0.15, -0.1) is 6.58 Å². The summed E-state index contributed by atoms with van der Waals surface area (Å²) in [7, 11) is 0. The molecule has 0 aromatic carbocycles. The van der Waals surface area contributed by atoms with Crippen LogP contribution in [0.2, 0.25) is 0 Å². The van der Waals surface area contributed by atoms with Gasteiger partial charge in [0.2, 0.25) is 0 Å². The second-order valence-corrected chi connectivity index (χ2v) is 4.10. The molecule has 0 N–H and O–H groups in total. The fourth-order valence-electron chi connectivity index (χ4n) is 1.28. The molecule has 0 aromatic heterocycles. The summed E-state index contributed by atoms with van der Waals surface area (Å²) in [6, 6.07) is 0. The van der Waals surface area contributed by atoms with Crippen LogP contribution in [-0.4, -0.2) is 5.78 Å². The normalized spacial score (nSPS) is 11.5. The third kappa shape index (κ3) is 9.24. The van der Waals surface area contributed by atoms with Crippen molar-refractivity contribution >= 4 is 5.78 Å². The van der Waals surface area contributed by atoms with Gasteiger partial charge in [0.25, 0.3) is 0 Å². The lowest BCUT2D eigenvalue weighted by molar-refractivity contribution is -0.117. The maximum Gasteiger partial charge on any atom is 0.129 e. The van der Waals surface area contributed by atoms with Crippen LogP contribution in [-0.2, 0) is 4.79 Å². The molecule has 0 unspecified atom stereocenters. The average Bonchev–Trinajstić information content (AvgIpc) is 2.02. The Morgan fingerprint density at radius 2 is 1.79 bits per heavy atom. The molecule has 0 atom stereocenters. The maximum absolute atomic E-state index is 10.7. The second-order valence-electron chi connectivity index (χ2n) is 4.10. The van der Waals surface area contributed by atoms with E-state index in [1.165, 1.54) is 11.1 Å². The zero-order valence-electron chi connectivity index (χ0n) is 9.73. The largest absolute Gasteiger partial charge is 0.300 e. The highest BCUT2D eigenvalue weighted by Crippen LogP contribution is 2.10. The predicted molar refractivity (Wildman–Crippen MR) is 62.3 cm³/mol. The number of carbonyl (C=O) groups is 1. The Hall–Kier alpha value is -0.850. The Balaban J connectivity index is 3.56. The van der Waals surface area contributed by atoms with Gasteiger partial charge in [0.15, 0.2) is 0 Å². The molecule has 0 rings (SSSR count). The van der Waals surface area contributed by atoms with Crippen molar-refractivity contribution in [2.75, 3.05) is 0 Å². The summed E-state index contributed by atoms with van der Waals surface area (Å²) in [5.74, 6) is 0.291. The van der Waals surface area contributed by atoms with Gasteiger partial charge in [-0.2, -0.15) is 0 Å². The van der Waals surface area contributed by atoms with Gasteiger partial charge >= 0.3 is 0 Å². The number of Topliss-reactive ketones (excluding diaryl/α,β-unsaturated/α-hetero) is 1. The zero-order valence-corrected chi connectivity index (χ0v) is 9.73. The van der Waals surface area contributed by atoms with Gasteiger partial charge in [0.1, 0.15) is 5.78 Å². The highest BCUT2D eigenvalue weighted by Gasteiger charge is 1.94. The van der Waals surface area contributed by atoms with Crippen LogP contribution in [0.15, 0.2) is 23.8 Å². The number of carbonyl (C=O) groups excluding carboxylic acids is 1. The first-order chi connectivity index (χ1) is 6.52. The van der Waals surface area contributed by atoms with E-state index < -0.39 is 0 Å². The van der Waals surface area contributed by atoms with Gasteiger partial charge < -0.3 is 4.79 Å². The van der Waals surface area contributed by atoms with Crippen molar-refractivity contribution in [3.63, 3.8) is 0 Å². The van der Waals surface area contributed by atoms with Crippen molar-refractivity contribution < 1.29 is 4.79 Å². The zero-order chi connectivity index (χ0) is 11.0. The third-order valence-corrected chi connectivity index (χ3v) is 2.16. The number of rotatable bonds is 7. The Bertz CT molecular complexity index is 223. The Labute approximate surface area is 87.9 Å². The molecule has 0 aliphatic rings. The first kappa shape index (κ1) is 13.2. The minimum atomic E-state index is 0.291. The highest BCUT2D eigenvalue weighted by molar-refractivity contribution is 5.75.